The van der Waals surface area contributed by atoms with Gasteiger partial charge in [0.1, 0.15) is 23.1 Å². The molecule has 2 rings (SSSR count). The van der Waals surface area contributed by atoms with Gasteiger partial charge in [0.05, 0.1) is 14.2 Å². The van der Waals surface area contributed by atoms with Crippen molar-refractivity contribution in [2.75, 3.05) is 14.2 Å². The summed E-state index contributed by atoms with van der Waals surface area (Å²) in [6.45, 7) is 1.50. The number of amides is 2. The zero-order valence-electron chi connectivity index (χ0n) is 15.7. The van der Waals surface area contributed by atoms with Gasteiger partial charge in [0.2, 0.25) is 0 Å². The first-order valence-corrected chi connectivity index (χ1v) is 8.35. The number of halogens is 1. The van der Waals surface area contributed by atoms with E-state index in [0.29, 0.717) is 22.8 Å². The number of methoxy groups -OCH3 is 2. The smallest absolute Gasteiger partial charge is 0.279 e. The third-order valence-electron chi connectivity index (χ3n) is 3.66. The Morgan fingerprint density at radius 2 is 1.68 bits per heavy atom. The molecule has 0 radical (unpaired) electrons. The predicted octanol–water partition coefficient (Wildman–Crippen LogP) is 2.47. The molecule has 2 amide bonds. The minimum absolute atomic E-state index is 0.335. The Morgan fingerprint density at radius 3 is 2.32 bits per heavy atom. The first-order valence-electron chi connectivity index (χ1n) is 8.35. The van der Waals surface area contributed by atoms with Gasteiger partial charge < -0.3 is 14.2 Å². The number of benzene rings is 2. The van der Waals surface area contributed by atoms with Crippen LogP contribution >= 0.6 is 0 Å². The summed E-state index contributed by atoms with van der Waals surface area (Å²) in [4.78, 5) is 23.9. The molecule has 148 valence electrons. The molecule has 0 aliphatic heterocycles. The van der Waals surface area contributed by atoms with Crippen molar-refractivity contribution in [3.05, 3.63) is 59.9 Å². The minimum atomic E-state index is -0.892. The number of hydrazine groups is 1. The average Bonchev–Trinajstić information content (AvgIpc) is 2.71. The maximum absolute atomic E-state index is 12.9. The molecule has 2 N–H and O–H groups in total. The third kappa shape index (κ3) is 6.01. The van der Waals surface area contributed by atoms with Gasteiger partial charge in [0.25, 0.3) is 11.8 Å². The van der Waals surface area contributed by atoms with E-state index in [-0.39, 0.29) is 0 Å². The standard InChI is InChI=1S/C20H21FN2O5/c1-13(28-16-9-6-15(21)7-10-16)20(25)23-22-19(24)11-5-14-4-8-17(26-2)12-18(14)27-3/h4-13H,1-3H3,(H,22,24)(H,23,25)/b11-5+/t13-/m1/s1. The second kappa shape index (κ2) is 9.96. The Labute approximate surface area is 162 Å². The van der Waals surface area contributed by atoms with Crippen molar-refractivity contribution in [2.45, 2.75) is 13.0 Å². The zero-order chi connectivity index (χ0) is 20.5. The normalized spacial score (nSPS) is 11.6. The number of hydrogen-bond acceptors (Lipinski definition) is 5. The Morgan fingerprint density at radius 1 is 1.00 bits per heavy atom. The lowest BCUT2D eigenvalue weighted by Crippen LogP contribution is -2.46. The molecule has 7 nitrogen and oxygen atoms in total. The highest BCUT2D eigenvalue weighted by Crippen LogP contribution is 2.25. The summed E-state index contributed by atoms with van der Waals surface area (Å²) >= 11 is 0. The van der Waals surface area contributed by atoms with Crippen LogP contribution in [0, 0.1) is 5.82 Å². The van der Waals surface area contributed by atoms with E-state index in [1.807, 2.05) is 0 Å². The number of carbonyl (C=O) groups is 2. The second-order valence-corrected chi connectivity index (χ2v) is 5.63. The van der Waals surface area contributed by atoms with Crippen LogP contribution in [0.5, 0.6) is 17.2 Å². The molecule has 0 aromatic heterocycles. The fourth-order valence-electron chi connectivity index (χ4n) is 2.16. The van der Waals surface area contributed by atoms with Gasteiger partial charge in [0.15, 0.2) is 6.10 Å². The molecule has 0 saturated heterocycles. The Bertz CT molecular complexity index is 852. The van der Waals surface area contributed by atoms with Crippen LogP contribution in [0.2, 0.25) is 0 Å². The zero-order valence-corrected chi connectivity index (χ0v) is 15.7. The lowest BCUT2D eigenvalue weighted by Gasteiger charge is -2.14. The summed E-state index contributed by atoms with van der Waals surface area (Å²) < 4.78 is 28.6. The van der Waals surface area contributed by atoms with Crippen molar-refractivity contribution in [3.63, 3.8) is 0 Å². The van der Waals surface area contributed by atoms with Gasteiger partial charge in [-0.2, -0.15) is 0 Å². The number of carbonyl (C=O) groups excluding carboxylic acids is 2. The predicted molar refractivity (Wildman–Crippen MR) is 101 cm³/mol. The molecule has 0 heterocycles. The molecule has 0 bridgehead atoms. The van der Waals surface area contributed by atoms with E-state index in [9.17, 15) is 14.0 Å². The van der Waals surface area contributed by atoms with Gasteiger partial charge in [-0.3, -0.25) is 20.4 Å². The Balaban J connectivity index is 1.86. The summed E-state index contributed by atoms with van der Waals surface area (Å²) in [5, 5.41) is 0. The maximum atomic E-state index is 12.9. The van der Waals surface area contributed by atoms with Gasteiger partial charge in [-0.25, -0.2) is 4.39 Å². The van der Waals surface area contributed by atoms with Crippen LogP contribution in [0.25, 0.3) is 6.08 Å². The largest absolute Gasteiger partial charge is 0.497 e. The van der Waals surface area contributed by atoms with Crippen LogP contribution in [-0.4, -0.2) is 32.1 Å². The molecule has 0 fully saturated rings. The number of nitrogens with one attached hydrogen (secondary N) is 2. The molecule has 2 aromatic carbocycles. The fourth-order valence-corrected chi connectivity index (χ4v) is 2.16. The quantitative estimate of drug-likeness (QED) is 0.562. The van der Waals surface area contributed by atoms with Gasteiger partial charge >= 0.3 is 0 Å². The number of ether oxygens (including phenoxy) is 3. The molecular formula is C20H21FN2O5. The van der Waals surface area contributed by atoms with Crippen molar-refractivity contribution in [1.82, 2.24) is 10.9 Å². The lowest BCUT2D eigenvalue weighted by molar-refractivity contribution is -0.131. The summed E-state index contributed by atoms with van der Waals surface area (Å²) in [6.07, 6.45) is 1.89. The van der Waals surface area contributed by atoms with Gasteiger partial charge in [-0.05, 0) is 49.4 Å². The van der Waals surface area contributed by atoms with E-state index in [1.165, 1.54) is 50.5 Å². The van der Waals surface area contributed by atoms with Crippen LogP contribution in [-0.2, 0) is 9.59 Å². The Hall–Kier alpha value is -3.55. The van der Waals surface area contributed by atoms with E-state index < -0.39 is 23.7 Å². The number of rotatable bonds is 7. The highest BCUT2D eigenvalue weighted by molar-refractivity contribution is 5.93. The SMILES string of the molecule is COc1ccc(/C=C/C(=O)NNC(=O)[C@@H](C)Oc2ccc(F)cc2)c(OC)c1. The van der Waals surface area contributed by atoms with Crippen LogP contribution in [0.1, 0.15) is 12.5 Å². The van der Waals surface area contributed by atoms with Crippen LogP contribution < -0.4 is 25.1 Å². The Kier molecular flexibility index (Phi) is 7.38. The van der Waals surface area contributed by atoms with Gasteiger partial charge in [0, 0.05) is 17.7 Å². The highest BCUT2D eigenvalue weighted by atomic mass is 19.1. The molecule has 0 aliphatic carbocycles. The average molecular weight is 388 g/mol. The topological polar surface area (TPSA) is 85.9 Å². The van der Waals surface area contributed by atoms with Crippen molar-refractivity contribution in [1.29, 1.82) is 0 Å². The molecule has 2 aromatic rings. The van der Waals surface area contributed by atoms with E-state index in [0.717, 1.165) is 0 Å². The summed E-state index contributed by atoms with van der Waals surface area (Å²) in [5.41, 5.74) is 5.18. The molecular weight excluding hydrogens is 367 g/mol. The van der Waals surface area contributed by atoms with Crippen molar-refractivity contribution in [3.8, 4) is 17.2 Å². The first kappa shape index (κ1) is 20.8. The molecule has 8 heteroatoms. The lowest BCUT2D eigenvalue weighted by atomic mass is 10.1. The summed E-state index contributed by atoms with van der Waals surface area (Å²) in [6, 6.07) is 10.4. The van der Waals surface area contributed by atoms with E-state index >= 15 is 0 Å². The second-order valence-electron chi connectivity index (χ2n) is 5.63. The maximum Gasteiger partial charge on any atom is 0.279 e. The van der Waals surface area contributed by atoms with Crippen LogP contribution in [0.4, 0.5) is 4.39 Å². The van der Waals surface area contributed by atoms with E-state index in [4.69, 9.17) is 14.2 Å². The van der Waals surface area contributed by atoms with Crippen LogP contribution in [0.3, 0.4) is 0 Å². The third-order valence-corrected chi connectivity index (χ3v) is 3.66. The summed E-state index contributed by atoms with van der Waals surface area (Å²) in [5.74, 6) is -0.0122. The molecule has 0 unspecified atom stereocenters. The molecule has 0 spiro atoms. The summed E-state index contributed by atoms with van der Waals surface area (Å²) in [7, 11) is 3.05. The first-order chi connectivity index (χ1) is 13.4. The monoisotopic (exact) mass is 388 g/mol. The number of hydrogen-bond donors (Lipinski definition) is 2. The van der Waals surface area contributed by atoms with Crippen molar-refractivity contribution >= 4 is 17.9 Å². The van der Waals surface area contributed by atoms with Crippen LogP contribution in [0.15, 0.2) is 48.5 Å². The van der Waals surface area contributed by atoms with Gasteiger partial charge in [-0.15, -0.1) is 0 Å². The van der Waals surface area contributed by atoms with Gasteiger partial charge in [-0.1, -0.05) is 0 Å². The fraction of sp³-hybridized carbons (Fsp3) is 0.200. The highest BCUT2D eigenvalue weighted by Gasteiger charge is 2.15. The minimum Gasteiger partial charge on any atom is -0.497 e. The molecule has 28 heavy (non-hydrogen) atoms. The molecule has 1 atom stereocenters. The molecule has 0 aliphatic rings. The van der Waals surface area contributed by atoms with E-state index in [2.05, 4.69) is 10.9 Å². The van der Waals surface area contributed by atoms with Crippen molar-refractivity contribution < 1.29 is 28.2 Å². The van der Waals surface area contributed by atoms with E-state index in [1.54, 1.807) is 25.3 Å². The van der Waals surface area contributed by atoms with Crippen molar-refractivity contribution in [2.24, 2.45) is 0 Å². The molecule has 0 saturated carbocycles.